The lowest BCUT2D eigenvalue weighted by Gasteiger charge is -2.00. The Kier molecular flexibility index (Phi) is 2.82. The van der Waals surface area contributed by atoms with E-state index in [4.69, 9.17) is 11.6 Å². The highest BCUT2D eigenvalue weighted by atomic mass is 35.5. The molecule has 0 aliphatic rings. The number of hydrogen-bond donors (Lipinski definition) is 1. The van der Waals surface area contributed by atoms with E-state index in [0.29, 0.717) is 11.5 Å². The average Bonchev–Trinajstić information content (AvgIpc) is 2.65. The minimum Gasteiger partial charge on any atom is -0.340 e. The Labute approximate surface area is 96.3 Å². The first kappa shape index (κ1) is 10.6. The molecule has 0 radical (unpaired) electrons. The summed E-state index contributed by atoms with van der Waals surface area (Å²) in [6.45, 7) is 0. The summed E-state index contributed by atoms with van der Waals surface area (Å²) in [6.07, 6.45) is 5.94. The summed E-state index contributed by atoms with van der Waals surface area (Å²) in [5, 5.41) is 2.76. The Morgan fingerprint density at radius 2 is 2.31 bits per heavy atom. The summed E-state index contributed by atoms with van der Waals surface area (Å²) in [5.41, 5.74) is 0.310. The van der Waals surface area contributed by atoms with Crippen molar-refractivity contribution in [1.29, 1.82) is 0 Å². The number of nitrogens with zero attached hydrogens (tertiary/aromatic N) is 4. The second-order valence-corrected chi connectivity index (χ2v) is 3.49. The molecule has 2 rings (SSSR count). The summed E-state index contributed by atoms with van der Waals surface area (Å²) in [7, 11) is 1.78. The molecule has 2 aromatic heterocycles. The Morgan fingerprint density at radius 3 is 2.94 bits per heavy atom. The van der Waals surface area contributed by atoms with Gasteiger partial charge in [-0.25, -0.2) is 9.97 Å². The molecule has 2 aromatic rings. The van der Waals surface area contributed by atoms with Gasteiger partial charge in [0.15, 0.2) is 5.82 Å². The van der Waals surface area contributed by atoms with Crippen molar-refractivity contribution in [3.63, 3.8) is 0 Å². The molecular formula is C9H8ClN5O. The first-order valence-corrected chi connectivity index (χ1v) is 4.80. The minimum absolute atomic E-state index is 0.221. The lowest BCUT2D eigenvalue weighted by Crippen LogP contribution is -2.13. The number of nitrogens with one attached hydrogen (secondary N) is 1. The van der Waals surface area contributed by atoms with Crippen molar-refractivity contribution in [3.05, 3.63) is 35.8 Å². The maximum absolute atomic E-state index is 11.6. The molecule has 0 spiro atoms. The van der Waals surface area contributed by atoms with Crippen LogP contribution in [0.2, 0.25) is 5.15 Å². The Hall–Kier alpha value is -1.95. The van der Waals surface area contributed by atoms with Gasteiger partial charge in [0.05, 0.1) is 18.7 Å². The monoisotopic (exact) mass is 237 g/mol. The van der Waals surface area contributed by atoms with E-state index in [1.807, 2.05) is 0 Å². The third-order valence-electron chi connectivity index (χ3n) is 1.78. The molecule has 0 aliphatic heterocycles. The van der Waals surface area contributed by atoms with Gasteiger partial charge in [0.1, 0.15) is 10.8 Å². The fourth-order valence-corrected chi connectivity index (χ4v) is 1.26. The largest absolute Gasteiger partial charge is 0.340 e. The fraction of sp³-hybridized carbons (Fsp3) is 0.111. The highest BCUT2D eigenvalue weighted by Gasteiger charge is 2.09. The van der Waals surface area contributed by atoms with Gasteiger partial charge in [-0.1, -0.05) is 11.6 Å². The van der Waals surface area contributed by atoms with E-state index < -0.39 is 0 Å². The van der Waals surface area contributed by atoms with Crippen molar-refractivity contribution in [3.8, 4) is 0 Å². The van der Waals surface area contributed by atoms with Crippen molar-refractivity contribution in [2.75, 3.05) is 5.32 Å². The minimum atomic E-state index is -0.350. The lowest BCUT2D eigenvalue weighted by molar-refractivity contribution is 0.102. The third kappa shape index (κ3) is 2.34. The molecule has 0 saturated carbocycles. The zero-order valence-electron chi connectivity index (χ0n) is 8.38. The number of carbonyl (C=O) groups is 1. The van der Waals surface area contributed by atoms with E-state index in [2.05, 4.69) is 20.3 Å². The topological polar surface area (TPSA) is 72.7 Å². The number of aryl methyl sites for hydroxylation is 1. The highest BCUT2D eigenvalue weighted by Crippen LogP contribution is 2.07. The van der Waals surface area contributed by atoms with Crippen molar-refractivity contribution < 1.29 is 4.79 Å². The normalized spacial score (nSPS) is 10.1. The van der Waals surface area contributed by atoms with Gasteiger partial charge in [-0.3, -0.25) is 9.78 Å². The Balaban J connectivity index is 2.13. The number of rotatable bonds is 2. The summed E-state index contributed by atoms with van der Waals surface area (Å²) in [6, 6.07) is 0. The standard InChI is InChI=1S/C9H8ClN5O/c1-15-4-6(12-5-15)9(16)14-8-3-11-2-7(10)13-8/h2-5H,1H3,(H,13,14,16). The van der Waals surface area contributed by atoms with E-state index in [9.17, 15) is 4.79 Å². The van der Waals surface area contributed by atoms with Crippen LogP contribution in [0.15, 0.2) is 24.9 Å². The van der Waals surface area contributed by atoms with E-state index in [1.165, 1.54) is 12.4 Å². The molecule has 0 atom stereocenters. The fourth-order valence-electron chi connectivity index (χ4n) is 1.11. The number of aromatic nitrogens is 4. The van der Waals surface area contributed by atoms with Crippen LogP contribution in [-0.4, -0.2) is 25.4 Å². The molecule has 0 saturated heterocycles. The van der Waals surface area contributed by atoms with Crippen LogP contribution in [0.3, 0.4) is 0 Å². The highest BCUT2D eigenvalue weighted by molar-refractivity contribution is 6.29. The van der Waals surface area contributed by atoms with E-state index in [1.54, 1.807) is 24.1 Å². The number of amides is 1. The van der Waals surface area contributed by atoms with Crippen LogP contribution in [0.5, 0.6) is 0 Å². The molecule has 1 amide bonds. The molecule has 1 N–H and O–H groups in total. The smallest absolute Gasteiger partial charge is 0.277 e. The number of anilines is 1. The predicted octanol–water partition coefficient (Wildman–Crippen LogP) is 1.12. The van der Waals surface area contributed by atoms with Gasteiger partial charge in [-0.2, -0.15) is 0 Å². The van der Waals surface area contributed by atoms with Crippen molar-refractivity contribution in [2.45, 2.75) is 0 Å². The summed E-state index contributed by atoms with van der Waals surface area (Å²) < 4.78 is 1.68. The van der Waals surface area contributed by atoms with Gasteiger partial charge in [0.2, 0.25) is 0 Å². The van der Waals surface area contributed by atoms with Gasteiger partial charge in [-0.15, -0.1) is 0 Å². The average molecular weight is 238 g/mol. The summed E-state index contributed by atoms with van der Waals surface area (Å²) in [4.78, 5) is 23.2. The van der Waals surface area contributed by atoms with E-state index in [-0.39, 0.29) is 11.1 Å². The van der Waals surface area contributed by atoms with Crippen molar-refractivity contribution in [2.24, 2.45) is 7.05 Å². The van der Waals surface area contributed by atoms with Crippen LogP contribution in [0, 0.1) is 0 Å². The summed E-state index contributed by atoms with van der Waals surface area (Å²) >= 11 is 5.63. The Morgan fingerprint density at radius 1 is 1.50 bits per heavy atom. The molecule has 0 fully saturated rings. The summed E-state index contributed by atoms with van der Waals surface area (Å²) in [5.74, 6) is -0.0553. The zero-order valence-corrected chi connectivity index (χ0v) is 9.14. The van der Waals surface area contributed by atoms with Crippen LogP contribution in [0.25, 0.3) is 0 Å². The van der Waals surface area contributed by atoms with Crippen molar-refractivity contribution in [1.82, 2.24) is 19.5 Å². The van der Waals surface area contributed by atoms with Crippen LogP contribution in [0.4, 0.5) is 5.82 Å². The second-order valence-electron chi connectivity index (χ2n) is 3.11. The maximum Gasteiger partial charge on any atom is 0.277 e. The molecule has 0 aromatic carbocycles. The molecule has 0 aliphatic carbocycles. The molecule has 7 heteroatoms. The van der Waals surface area contributed by atoms with Crippen LogP contribution in [0.1, 0.15) is 10.5 Å². The Bertz CT molecular complexity index is 524. The first-order chi connectivity index (χ1) is 7.65. The predicted molar refractivity (Wildman–Crippen MR) is 58.2 cm³/mol. The van der Waals surface area contributed by atoms with Crippen molar-refractivity contribution >= 4 is 23.3 Å². The first-order valence-electron chi connectivity index (χ1n) is 4.42. The van der Waals surface area contributed by atoms with E-state index in [0.717, 1.165) is 0 Å². The molecule has 0 unspecified atom stereocenters. The maximum atomic E-state index is 11.6. The number of halogens is 1. The van der Waals surface area contributed by atoms with Gasteiger partial charge >= 0.3 is 0 Å². The van der Waals surface area contributed by atoms with Gasteiger partial charge in [0, 0.05) is 13.2 Å². The van der Waals surface area contributed by atoms with Gasteiger partial charge in [-0.05, 0) is 0 Å². The zero-order chi connectivity index (χ0) is 11.5. The van der Waals surface area contributed by atoms with Gasteiger partial charge in [0.25, 0.3) is 5.91 Å². The van der Waals surface area contributed by atoms with Gasteiger partial charge < -0.3 is 9.88 Å². The SMILES string of the molecule is Cn1cnc(C(=O)Nc2cncc(Cl)n2)c1. The van der Waals surface area contributed by atoms with Crippen LogP contribution in [-0.2, 0) is 7.05 Å². The number of imidazole rings is 1. The van der Waals surface area contributed by atoms with Crippen LogP contribution < -0.4 is 5.32 Å². The molecular weight excluding hydrogens is 230 g/mol. The number of carbonyl (C=O) groups excluding carboxylic acids is 1. The molecule has 16 heavy (non-hydrogen) atoms. The third-order valence-corrected chi connectivity index (χ3v) is 1.97. The molecule has 82 valence electrons. The quantitative estimate of drug-likeness (QED) is 0.849. The lowest BCUT2D eigenvalue weighted by atomic mass is 10.4. The van der Waals surface area contributed by atoms with E-state index >= 15 is 0 Å². The molecule has 6 nitrogen and oxygen atoms in total. The number of hydrogen-bond acceptors (Lipinski definition) is 4. The molecule has 0 bridgehead atoms. The molecule has 2 heterocycles. The second kappa shape index (κ2) is 4.28. The van der Waals surface area contributed by atoms with Crippen LogP contribution >= 0.6 is 11.6 Å².